The SMILES string of the molecule is CNCCCN(C)S(=O)(=O)NCc1cc(C)no1. The molecule has 8 heteroatoms. The zero-order valence-electron chi connectivity index (χ0n) is 10.9. The summed E-state index contributed by atoms with van der Waals surface area (Å²) in [5, 5.41) is 6.66. The second kappa shape index (κ2) is 6.83. The summed E-state index contributed by atoms with van der Waals surface area (Å²) in [4.78, 5) is 0. The molecular weight excluding hydrogens is 256 g/mol. The van der Waals surface area contributed by atoms with Gasteiger partial charge in [-0.05, 0) is 26.9 Å². The Morgan fingerprint density at radius 3 is 2.78 bits per heavy atom. The zero-order chi connectivity index (χ0) is 13.6. The number of rotatable bonds is 8. The molecule has 0 saturated carbocycles. The van der Waals surface area contributed by atoms with Gasteiger partial charge in [-0.15, -0.1) is 0 Å². The van der Waals surface area contributed by atoms with Crippen LogP contribution in [0.15, 0.2) is 10.6 Å². The molecule has 0 aliphatic heterocycles. The molecule has 1 aromatic heterocycles. The lowest BCUT2D eigenvalue weighted by Crippen LogP contribution is -2.38. The van der Waals surface area contributed by atoms with Crippen LogP contribution in [0.4, 0.5) is 0 Å². The Kier molecular flexibility index (Phi) is 5.73. The molecule has 0 aliphatic rings. The summed E-state index contributed by atoms with van der Waals surface area (Å²) in [7, 11) is -0.0843. The molecule has 0 aliphatic carbocycles. The lowest BCUT2D eigenvalue weighted by atomic mass is 10.4. The van der Waals surface area contributed by atoms with Crippen LogP contribution in [0.3, 0.4) is 0 Å². The van der Waals surface area contributed by atoms with Crippen molar-refractivity contribution in [2.24, 2.45) is 0 Å². The maximum absolute atomic E-state index is 11.8. The van der Waals surface area contributed by atoms with Crippen molar-refractivity contribution in [1.82, 2.24) is 19.5 Å². The van der Waals surface area contributed by atoms with Gasteiger partial charge in [-0.3, -0.25) is 0 Å². The van der Waals surface area contributed by atoms with Gasteiger partial charge < -0.3 is 9.84 Å². The third-order valence-electron chi connectivity index (χ3n) is 2.42. The molecule has 1 aromatic rings. The van der Waals surface area contributed by atoms with Crippen LogP contribution >= 0.6 is 0 Å². The zero-order valence-corrected chi connectivity index (χ0v) is 11.7. The summed E-state index contributed by atoms with van der Waals surface area (Å²) in [5.41, 5.74) is 0.728. The largest absolute Gasteiger partial charge is 0.360 e. The van der Waals surface area contributed by atoms with E-state index in [1.54, 1.807) is 20.0 Å². The van der Waals surface area contributed by atoms with Gasteiger partial charge in [0.15, 0.2) is 5.76 Å². The van der Waals surface area contributed by atoms with E-state index in [9.17, 15) is 8.42 Å². The van der Waals surface area contributed by atoms with E-state index < -0.39 is 10.2 Å². The van der Waals surface area contributed by atoms with Gasteiger partial charge >= 0.3 is 0 Å². The normalized spacial score (nSPS) is 12.2. The second-order valence-electron chi connectivity index (χ2n) is 4.04. The minimum absolute atomic E-state index is 0.111. The Bertz CT molecular complexity index is 457. The third-order valence-corrected chi connectivity index (χ3v) is 3.93. The van der Waals surface area contributed by atoms with Gasteiger partial charge in [-0.1, -0.05) is 5.16 Å². The molecule has 18 heavy (non-hydrogen) atoms. The summed E-state index contributed by atoms with van der Waals surface area (Å²) < 4.78 is 32.4. The van der Waals surface area contributed by atoms with Crippen molar-refractivity contribution in [3.63, 3.8) is 0 Å². The predicted octanol–water partition coefficient (Wildman–Crippen LogP) is -0.141. The predicted molar refractivity (Wildman–Crippen MR) is 68.2 cm³/mol. The molecule has 0 spiro atoms. The van der Waals surface area contributed by atoms with Gasteiger partial charge in [-0.25, -0.2) is 0 Å². The van der Waals surface area contributed by atoms with Gasteiger partial charge in [0.2, 0.25) is 0 Å². The summed E-state index contributed by atoms with van der Waals surface area (Å²) in [6.45, 7) is 3.14. The average molecular weight is 276 g/mol. The van der Waals surface area contributed by atoms with Gasteiger partial charge in [0, 0.05) is 19.7 Å². The molecule has 104 valence electrons. The van der Waals surface area contributed by atoms with Crippen molar-refractivity contribution < 1.29 is 12.9 Å². The fourth-order valence-corrected chi connectivity index (χ4v) is 2.29. The third kappa shape index (κ3) is 4.73. The van der Waals surface area contributed by atoms with E-state index in [-0.39, 0.29) is 6.54 Å². The lowest BCUT2D eigenvalue weighted by Gasteiger charge is -2.16. The van der Waals surface area contributed by atoms with E-state index in [1.165, 1.54) is 4.31 Å². The molecule has 0 radical (unpaired) electrons. The highest BCUT2D eigenvalue weighted by molar-refractivity contribution is 7.87. The van der Waals surface area contributed by atoms with Crippen molar-refractivity contribution in [3.05, 3.63) is 17.5 Å². The summed E-state index contributed by atoms with van der Waals surface area (Å²) >= 11 is 0. The van der Waals surface area contributed by atoms with Crippen LogP contribution < -0.4 is 10.0 Å². The fourth-order valence-electron chi connectivity index (χ4n) is 1.37. The molecule has 0 atom stereocenters. The maximum Gasteiger partial charge on any atom is 0.279 e. The van der Waals surface area contributed by atoms with Crippen LogP contribution in [0.25, 0.3) is 0 Å². The number of hydrogen-bond acceptors (Lipinski definition) is 5. The fraction of sp³-hybridized carbons (Fsp3) is 0.700. The topological polar surface area (TPSA) is 87.5 Å². The lowest BCUT2D eigenvalue weighted by molar-refractivity contribution is 0.373. The first-order valence-electron chi connectivity index (χ1n) is 5.73. The number of aromatic nitrogens is 1. The highest BCUT2D eigenvalue weighted by Crippen LogP contribution is 2.03. The van der Waals surface area contributed by atoms with Crippen LogP contribution in [0.1, 0.15) is 17.9 Å². The molecule has 1 heterocycles. The van der Waals surface area contributed by atoms with E-state index in [4.69, 9.17) is 4.52 Å². The Labute approximate surface area is 108 Å². The molecule has 0 fully saturated rings. The van der Waals surface area contributed by atoms with Crippen LogP contribution in [0.5, 0.6) is 0 Å². The molecule has 0 saturated heterocycles. The Morgan fingerprint density at radius 2 is 2.22 bits per heavy atom. The van der Waals surface area contributed by atoms with Crippen LogP contribution in [-0.4, -0.2) is 45.1 Å². The van der Waals surface area contributed by atoms with Gasteiger partial charge in [0.1, 0.15) is 0 Å². The highest BCUT2D eigenvalue weighted by Gasteiger charge is 2.17. The van der Waals surface area contributed by atoms with E-state index >= 15 is 0 Å². The minimum Gasteiger partial charge on any atom is -0.360 e. The minimum atomic E-state index is -3.46. The van der Waals surface area contributed by atoms with Crippen molar-refractivity contribution in [1.29, 1.82) is 0 Å². The number of hydrogen-bond donors (Lipinski definition) is 2. The summed E-state index contributed by atoms with van der Waals surface area (Å²) in [6.07, 6.45) is 0.759. The van der Waals surface area contributed by atoms with Crippen molar-refractivity contribution >= 4 is 10.2 Å². The number of aryl methyl sites for hydroxylation is 1. The van der Waals surface area contributed by atoms with Crippen molar-refractivity contribution in [2.75, 3.05) is 27.2 Å². The number of nitrogens with one attached hydrogen (secondary N) is 2. The van der Waals surface area contributed by atoms with Gasteiger partial charge in [0.25, 0.3) is 10.2 Å². The van der Waals surface area contributed by atoms with Crippen molar-refractivity contribution in [3.8, 4) is 0 Å². The van der Waals surface area contributed by atoms with Crippen LogP contribution in [0, 0.1) is 6.92 Å². The smallest absolute Gasteiger partial charge is 0.279 e. The first-order valence-corrected chi connectivity index (χ1v) is 7.17. The molecule has 7 nitrogen and oxygen atoms in total. The maximum atomic E-state index is 11.8. The van der Waals surface area contributed by atoms with Crippen LogP contribution in [-0.2, 0) is 16.8 Å². The first kappa shape index (κ1) is 15.1. The highest BCUT2D eigenvalue weighted by atomic mass is 32.2. The molecule has 0 bridgehead atoms. The molecule has 0 unspecified atom stereocenters. The van der Waals surface area contributed by atoms with Gasteiger partial charge in [-0.2, -0.15) is 17.4 Å². The molecule has 1 rings (SSSR count). The van der Waals surface area contributed by atoms with Gasteiger partial charge in [0.05, 0.1) is 12.2 Å². The molecular formula is C10H20N4O3S. The summed E-state index contributed by atoms with van der Waals surface area (Å²) in [6, 6.07) is 1.70. The van der Waals surface area contributed by atoms with E-state index in [2.05, 4.69) is 15.2 Å². The Balaban J connectivity index is 2.43. The monoisotopic (exact) mass is 276 g/mol. The van der Waals surface area contributed by atoms with E-state index in [1.807, 2.05) is 7.05 Å². The summed E-state index contributed by atoms with van der Waals surface area (Å²) in [5.74, 6) is 0.500. The molecule has 0 aromatic carbocycles. The number of nitrogens with zero attached hydrogens (tertiary/aromatic N) is 2. The molecule has 2 N–H and O–H groups in total. The average Bonchev–Trinajstić information content (AvgIpc) is 2.73. The second-order valence-corrected chi connectivity index (χ2v) is 5.90. The standard InChI is InChI=1S/C10H20N4O3S/c1-9-7-10(17-13-9)8-12-18(15,16)14(3)6-4-5-11-2/h7,11-12H,4-6,8H2,1-3H3. The first-order chi connectivity index (χ1) is 8.45. The van der Waals surface area contributed by atoms with E-state index in [0.29, 0.717) is 12.3 Å². The van der Waals surface area contributed by atoms with E-state index in [0.717, 1.165) is 18.7 Å². The quantitative estimate of drug-likeness (QED) is 0.645. The Hall–Kier alpha value is -0.960. The molecule has 0 amide bonds. The van der Waals surface area contributed by atoms with Crippen molar-refractivity contribution in [2.45, 2.75) is 19.9 Å². The van der Waals surface area contributed by atoms with Crippen LogP contribution in [0.2, 0.25) is 0 Å². The Morgan fingerprint density at radius 1 is 1.50 bits per heavy atom.